The van der Waals surface area contributed by atoms with Crippen molar-refractivity contribution < 1.29 is 0 Å². The Labute approximate surface area is 91.0 Å². The van der Waals surface area contributed by atoms with Gasteiger partial charge in [0.05, 0.1) is 24.3 Å². The Morgan fingerprint density at radius 2 is 2.25 bits per heavy atom. The fraction of sp³-hybridized carbons (Fsp3) is 0.300. The number of nitrogens with one attached hydrogen (secondary N) is 2. The van der Waals surface area contributed by atoms with Gasteiger partial charge in [0.25, 0.3) is 5.56 Å². The number of rotatable bonds is 2. The Bertz CT molecular complexity index is 594. The smallest absolute Gasteiger partial charge is 0.329 e. The molecule has 2 aromatic rings. The molecule has 2 aromatic heterocycles. The zero-order valence-corrected chi connectivity index (χ0v) is 8.94. The zero-order valence-electron chi connectivity index (χ0n) is 8.94. The fourth-order valence-corrected chi connectivity index (χ4v) is 1.44. The number of aromatic amines is 2. The number of hydrogen-bond donors (Lipinski definition) is 2. The number of aromatic nitrogens is 4. The van der Waals surface area contributed by atoms with E-state index in [1.54, 1.807) is 13.1 Å². The van der Waals surface area contributed by atoms with Gasteiger partial charge in [-0.3, -0.25) is 14.3 Å². The van der Waals surface area contributed by atoms with Gasteiger partial charge in [0.2, 0.25) is 0 Å². The van der Waals surface area contributed by atoms with E-state index in [0.717, 1.165) is 0 Å². The highest BCUT2D eigenvalue weighted by Crippen LogP contribution is 2.10. The molecule has 0 bridgehead atoms. The zero-order chi connectivity index (χ0) is 11.7. The highest BCUT2D eigenvalue weighted by Gasteiger charge is 2.12. The lowest BCUT2D eigenvalue weighted by Gasteiger charge is -2.11. The molecule has 83 valence electrons. The van der Waals surface area contributed by atoms with Crippen molar-refractivity contribution >= 4 is 0 Å². The molecule has 6 nitrogen and oxygen atoms in total. The van der Waals surface area contributed by atoms with Gasteiger partial charge in [0.1, 0.15) is 0 Å². The van der Waals surface area contributed by atoms with Crippen molar-refractivity contribution in [3.8, 4) is 0 Å². The molecular formula is C10H11N4O2. The van der Waals surface area contributed by atoms with Crippen molar-refractivity contribution in [2.75, 3.05) is 0 Å². The van der Waals surface area contributed by atoms with Crippen LogP contribution < -0.4 is 11.2 Å². The van der Waals surface area contributed by atoms with Crippen molar-refractivity contribution in [2.45, 2.75) is 19.9 Å². The second-order valence-corrected chi connectivity index (χ2v) is 3.54. The van der Waals surface area contributed by atoms with Gasteiger partial charge >= 0.3 is 5.69 Å². The molecule has 0 aliphatic heterocycles. The summed E-state index contributed by atoms with van der Waals surface area (Å²) in [6, 6.07) is -0.269. The molecule has 0 aliphatic carbocycles. The molecular weight excluding hydrogens is 208 g/mol. The summed E-state index contributed by atoms with van der Waals surface area (Å²) in [4.78, 5) is 31.9. The molecule has 2 rings (SSSR count). The summed E-state index contributed by atoms with van der Waals surface area (Å²) in [6.07, 6.45) is 5.98. The van der Waals surface area contributed by atoms with Crippen LogP contribution in [0.1, 0.15) is 24.2 Å². The normalized spacial score (nSPS) is 12.6. The van der Waals surface area contributed by atoms with E-state index in [9.17, 15) is 9.59 Å². The molecule has 0 fully saturated rings. The van der Waals surface area contributed by atoms with Gasteiger partial charge in [-0.25, -0.2) is 9.78 Å². The van der Waals surface area contributed by atoms with Gasteiger partial charge in [-0.1, -0.05) is 0 Å². The first-order valence-corrected chi connectivity index (χ1v) is 4.83. The molecule has 16 heavy (non-hydrogen) atoms. The Morgan fingerprint density at radius 1 is 1.50 bits per heavy atom. The minimum Gasteiger partial charge on any atom is -0.351 e. The third kappa shape index (κ3) is 1.69. The van der Waals surface area contributed by atoms with Crippen LogP contribution in [0.25, 0.3) is 0 Å². The first kappa shape index (κ1) is 10.4. The third-order valence-electron chi connectivity index (χ3n) is 2.40. The number of hydrogen-bond acceptors (Lipinski definition) is 3. The van der Waals surface area contributed by atoms with Crippen molar-refractivity contribution in [2.24, 2.45) is 0 Å². The quantitative estimate of drug-likeness (QED) is 0.744. The van der Waals surface area contributed by atoms with Crippen LogP contribution in [0.15, 0.2) is 22.1 Å². The number of H-pyrrole nitrogens is 2. The first-order valence-electron chi connectivity index (χ1n) is 4.83. The summed E-state index contributed by atoms with van der Waals surface area (Å²) in [5.74, 6) is 0. The minimum atomic E-state index is -0.480. The van der Waals surface area contributed by atoms with E-state index in [0.29, 0.717) is 11.3 Å². The van der Waals surface area contributed by atoms with E-state index >= 15 is 0 Å². The monoisotopic (exact) mass is 219 g/mol. The largest absolute Gasteiger partial charge is 0.351 e. The van der Waals surface area contributed by atoms with E-state index in [1.165, 1.54) is 10.9 Å². The second kappa shape index (κ2) is 3.80. The minimum absolute atomic E-state index is 0.269. The van der Waals surface area contributed by atoms with Crippen molar-refractivity contribution in [3.05, 3.63) is 50.8 Å². The molecule has 0 spiro atoms. The maximum absolute atomic E-state index is 11.6. The molecule has 0 aromatic carbocycles. The molecule has 2 heterocycles. The fourth-order valence-electron chi connectivity index (χ4n) is 1.44. The predicted octanol–water partition coefficient (Wildman–Crippen LogP) is -0.0224. The standard InChI is InChI=1S/C10H11N4O2/c1-6-4-14(10(16)13-9(6)15)7(2)8-3-11-5-12-8/h3,5,7H,1-2H3,(H,11,12)(H,13,15,16). The van der Waals surface area contributed by atoms with Gasteiger partial charge in [0, 0.05) is 11.8 Å². The Morgan fingerprint density at radius 3 is 2.88 bits per heavy atom. The van der Waals surface area contributed by atoms with Gasteiger partial charge < -0.3 is 4.98 Å². The van der Waals surface area contributed by atoms with Crippen LogP contribution in [-0.2, 0) is 0 Å². The van der Waals surface area contributed by atoms with Crippen LogP contribution in [0.2, 0.25) is 0 Å². The van der Waals surface area contributed by atoms with Crippen LogP contribution >= 0.6 is 0 Å². The van der Waals surface area contributed by atoms with E-state index in [1.807, 2.05) is 6.92 Å². The summed E-state index contributed by atoms with van der Waals surface area (Å²) < 4.78 is 1.33. The van der Waals surface area contributed by atoms with Gasteiger partial charge in [-0.05, 0) is 13.8 Å². The van der Waals surface area contributed by atoms with E-state index < -0.39 is 11.2 Å². The Balaban J connectivity index is 2.53. The number of nitrogens with zero attached hydrogens (tertiary/aromatic N) is 2. The molecule has 0 amide bonds. The summed E-state index contributed by atoms with van der Waals surface area (Å²) in [5.41, 5.74) is 0.202. The van der Waals surface area contributed by atoms with E-state index in [-0.39, 0.29) is 6.04 Å². The Kier molecular flexibility index (Phi) is 2.47. The lowest BCUT2D eigenvalue weighted by atomic mass is 10.2. The number of aryl methyl sites for hydroxylation is 1. The molecule has 6 heteroatoms. The molecule has 0 aliphatic rings. The summed E-state index contributed by atoms with van der Waals surface area (Å²) >= 11 is 0. The number of imidazole rings is 1. The SMILES string of the molecule is Cc1[c]n(C(C)c2c[nH]cn2)c(=O)[nH]c1=O. The van der Waals surface area contributed by atoms with Crippen molar-refractivity contribution in [3.63, 3.8) is 0 Å². The summed E-state index contributed by atoms with van der Waals surface area (Å²) in [6.45, 7) is 3.41. The highest BCUT2D eigenvalue weighted by molar-refractivity contribution is 5.06. The predicted molar refractivity (Wildman–Crippen MR) is 57.3 cm³/mol. The van der Waals surface area contributed by atoms with E-state index in [2.05, 4.69) is 21.1 Å². The Hall–Kier alpha value is -2.11. The van der Waals surface area contributed by atoms with Gasteiger partial charge in [-0.2, -0.15) is 0 Å². The molecule has 0 saturated heterocycles. The maximum atomic E-state index is 11.6. The second-order valence-electron chi connectivity index (χ2n) is 3.54. The molecule has 1 atom stereocenters. The van der Waals surface area contributed by atoms with Crippen LogP contribution in [0.3, 0.4) is 0 Å². The molecule has 2 N–H and O–H groups in total. The molecule has 1 unspecified atom stereocenters. The average Bonchev–Trinajstić information content (AvgIpc) is 2.75. The molecule has 1 radical (unpaired) electrons. The highest BCUT2D eigenvalue weighted by atomic mass is 16.2. The van der Waals surface area contributed by atoms with Gasteiger partial charge in [0.15, 0.2) is 0 Å². The third-order valence-corrected chi connectivity index (χ3v) is 2.40. The maximum Gasteiger partial charge on any atom is 0.329 e. The lowest BCUT2D eigenvalue weighted by Crippen LogP contribution is -2.33. The molecule has 0 saturated carbocycles. The van der Waals surface area contributed by atoms with E-state index in [4.69, 9.17) is 0 Å². The summed E-state index contributed by atoms with van der Waals surface area (Å²) in [7, 11) is 0. The average molecular weight is 219 g/mol. The van der Waals surface area contributed by atoms with Crippen LogP contribution in [0.4, 0.5) is 0 Å². The van der Waals surface area contributed by atoms with Crippen LogP contribution in [0.5, 0.6) is 0 Å². The lowest BCUT2D eigenvalue weighted by molar-refractivity contribution is 0.575. The van der Waals surface area contributed by atoms with Crippen LogP contribution in [0, 0.1) is 13.1 Å². The topological polar surface area (TPSA) is 83.5 Å². The van der Waals surface area contributed by atoms with Crippen LogP contribution in [-0.4, -0.2) is 19.5 Å². The first-order chi connectivity index (χ1) is 7.59. The van der Waals surface area contributed by atoms with Crippen molar-refractivity contribution in [1.82, 2.24) is 19.5 Å². The summed E-state index contributed by atoms with van der Waals surface area (Å²) in [5, 5.41) is 0. The van der Waals surface area contributed by atoms with Gasteiger partial charge in [-0.15, -0.1) is 0 Å². The van der Waals surface area contributed by atoms with Crippen molar-refractivity contribution in [1.29, 1.82) is 0 Å².